The topological polar surface area (TPSA) is 34.1 Å². The number of hydrogen-bond acceptors (Lipinski definition) is 2. The Morgan fingerprint density at radius 2 is 1.36 bits per heavy atom. The first-order valence-corrected chi connectivity index (χ1v) is 5.72. The Labute approximate surface area is 87.1 Å². The van der Waals surface area contributed by atoms with Gasteiger partial charge in [0.25, 0.3) is 0 Å². The number of unbranched alkanes of at least 4 members (excludes halogenated alkanes) is 6. The van der Waals surface area contributed by atoms with E-state index in [9.17, 15) is 9.59 Å². The minimum atomic E-state index is -0.295. The molecule has 0 saturated carbocycles. The van der Waals surface area contributed by atoms with Crippen LogP contribution in [0.4, 0.5) is 0 Å². The zero-order chi connectivity index (χ0) is 10.8. The summed E-state index contributed by atoms with van der Waals surface area (Å²) < 4.78 is 0. The lowest BCUT2D eigenvalue weighted by molar-refractivity contribution is -0.135. The molecule has 0 rings (SSSR count). The van der Waals surface area contributed by atoms with E-state index in [-0.39, 0.29) is 11.6 Å². The molecule has 0 unspecified atom stereocenters. The monoisotopic (exact) mass is 198 g/mol. The van der Waals surface area contributed by atoms with Crippen molar-refractivity contribution in [2.75, 3.05) is 0 Å². The summed E-state index contributed by atoms with van der Waals surface area (Å²) in [6, 6.07) is 0. The third-order valence-corrected chi connectivity index (χ3v) is 2.40. The van der Waals surface area contributed by atoms with Crippen LogP contribution in [0, 0.1) is 0 Å². The molecule has 14 heavy (non-hydrogen) atoms. The average Bonchev–Trinajstić information content (AvgIpc) is 2.16. The second-order valence-electron chi connectivity index (χ2n) is 3.85. The predicted octanol–water partition coefficient (Wildman–Crippen LogP) is 3.29. The third kappa shape index (κ3) is 7.96. The minimum absolute atomic E-state index is 0.210. The van der Waals surface area contributed by atoms with Gasteiger partial charge in [-0.05, 0) is 6.42 Å². The smallest absolute Gasteiger partial charge is 0.198 e. The van der Waals surface area contributed by atoms with Crippen molar-refractivity contribution in [2.45, 2.75) is 65.2 Å². The maximum Gasteiger partial charge on any atom is 0.198 e. The van der Waals surface area contributed by atoms with E-state index in [1.807, 2.05) is 0 Å². The zero-order valence-corrected chi connectivity index (χ0v) is 9.47. The maximum atomic E-state index is 10.9. The molecule has 82 valence electrons. The summed E-state index contributed by atoms with van der Waals surface area (Å²) >= 11 is 0. The van der Waals surface area contributed by atoms with Crippen molar-refractivity contribution >= 4 is 11.6 Å². The highest BCUT2D eigenvalue weighted by Gasteiger charge is 2.05. The largest absolute Gasteiger partial charge is 0.291 e. The molecule has 0 aliphatic heterocycles. The number of carbonyl (C=O) groups is 2. The van der Waals surface area contributed by atoms with Crippen LogP contribution in [0.5, 0.6) is 0 Å². The lowest BCUT2D eigenvalue weighted by Crippen LogP contribution is -2.08. The van der Waals surface area contributed by atoms with E-state index < -0.39 is 0 Å². The van der Waals surface area contributed by atoms with Crippen LogP contribution in [-0.4, -0.2) is 11.6 Å². The fraction of sp³-hybridized carbons (Fsp3) is 0.833. The quantitative estimate of drug-likeness (QED) is 0.421. The lowest BCUT2D eigenvalue weighted by Gasteiger charge is -1.99. The lowest BCUT2D eigenvalue weighted by atomic mass is 10.1. The number of ketones is 2. The molecule has 0 aliphatic carbocycles. The van der Waals surface area contributed by atoms with Crippen LogP contribution in [0.15, 0.2) is 0 Å². The van der Waals surface area contributed by atoms with Gasteiger partial charge in [0.2, 0.25) is 0 Å². The Balaban J connectivity index is 3.13. The summed E-state index contributed by atoms with van der Waals surface area (Å²) in [5.74, 6) is -0.505. The number of carbonyl (C=O) groups excluding carboxylic acids is 2. The van der Waals surface area contributed by atoms with Crippen LogP contribution >= 0.6 is 0 Å². The summed E-state index contributed by atoms with van der Waals surface area (Å²) in [7, 11) is 0. The molecule has 0 radical (unpaired) electrons. The predicted molar refractivity (Wildman–Crippen MR) is 58.3 cm³/mol. The Morgan fingerprint density at radius 1 is 0.857 bits per heavy atom. The van der Waals surface area contributed by atoms with Crippen LogP contribution < -0.4 is 0 Å². The fourth-order valence-corrected chi connectivity index (χ4v) is 1.42. The molecule has 2 nitrogen and oxygen atoms in total. The Bertz CT molecular complexity index is 173. The van der Waals surface area contributed by atoms with E-state index in [0.717, 1.165) is 12.8 Å². The van der Waals surface area contributed by atoms with Crippen LogP contribution in [0.1, 0.15) is 65.2 Å². The van der Waals surface area contributed by atoms with Crippen LogP contribution in [0.3, 0.4) is 0 Å². The van der Waals surface area contributed by atoms with E-state index in [1.165, 1.54) is 39.0 Å². The molecule has 0 aromatic carbocycles. The van der Waals surface area contributed by atoms with Crippen molar-refractivity contribution in [1.29, 1.82) is 0 Å². The molecular formula is C12H22O2. The van der Waals surface area contributed by atoms with Gasteiger partial charge in [-0.25, -0.2) is 0 Å². The van der Waals surface area contributed by atoms with Crippen molar-refractivity contribution < 1.29 is 9.59 Å². The van der Waals surface area contributed by atoms with E-state index in [4.69, 9.17) is 0 Å². The summed E-state index contributed by atoms with van der Waals surface area (Å²) in [5, 5.41) is 0. The molecule has 0 aromatic heterocycles. The molecule has 0 amide bonds. The van der Waals surface area contributed by atoms with Gasteiger partial charge in [0.1, 0.15) is 0 Å². The van der Waals surface area contributed by atoms with Crippen LogP contribution in [0.2, 0.25) is 0 Å². The van der Waals surface area contributed by atoms with E-state index in [1.54, 1.807) is 0 Å². The van der Waals surface area contributed by atoms with Gasteiger partial charge in [-0.1, -0.05) is 45.4 Å². The standard InChI is InChI=1S/C12H22O2/c1-3-4-5-6-7-8-9-10-12(14)11(2)13/h3-10H2,1-2H3. The second-order valence-corrected chi connectivity index (χ2v) is 3.85. The molecule has 0 fully saturated rings. The molecule has 0 aliphatic rings. The Kier molecular flexibility index (Phi) is 8.50. The fourth-order valence-electron chi connectivity index (χ4n) is 1.42. The van der Waals surface area contributed by atoms with Crippen LogP contribution in [0.25, 0.3) is 0 Å². The van der Waals surface area contributed by atoms with Gasteiger partial charge in [0.05, 0.1) is 0 Å². The second kappa shape index (κ2) is 8.92. The molecule has 0 aromatic rings. The molecule has 0 N–H and O–H groups in total. The van der Waals surface area contributed by atoms with Crippen molar-refractivity contribution in [3.05, 3.63) is 0 Å². The summed E-state index contributed by atoms with van der Waals surface area (Å²) in [4.78, 5) is 21.5. The summed E-state index contributed by atoms with van der Waals surface area (Å²) in [6.45, 7) is 3.55. The Morgan fingerprint density at radius 3 is 1.86 bits per heavy atom. The summed E-state index contributed by atoms with van der Waals surface area (Å²) in [5.41, 5.74) is 0. The van der Waals surface area contributed by atoms with Crippen molar-refractivity contribution in [3.8, 4) is 0 Å². The van der Waals surface area contributed by atoms with Gasteiger partial charge < -0.3 is 0 Å². The first-order valence-electron chi connectivity index (χ1n) is 5.72. The van der Waals surface area contributed by atoms with Gasteiger partial charge in [-0.2, -0.15) is 0 Å². The highest BCUT2D eigenvalue weighted by Crippen LogP contribution is 2.08. The van der Waals surface area contributed by atoms with Gasteiger partial charge in [-0.15, -0.1) is 0 Å². The number of hydrogen-bond donors (Lipinski definition) is 0. The maximum absolute atomic E-state index is 10.9. The molecule has 0 atom stereocenters. The molecule has 2 heteroatoms. The van der Waals surface area contributed by atoms with Gasteiger partial charge in [0.15, 0.2) is 11.6 Å². The first-order chi connectivity index (χ1) is 6.68. The summed E-state index contributed by atoms with van der Waals surface area (Å²) in [6.07, 6.45) is 8.76. The van der Waals surface area contributed by atoms with Crippen molar-refractivity contribution in [3.63, 3.8) is 0 Å². The minimum Gasteiger partial charge on any atom is -0.291 e. The highest BCUT2D eigenvalue weighted by molar-refractivity contribution is 6.36. The van der Waals surface area contributed by atoms with E-state index in [0.29, 0.717) is 6.42 Å². The number of Topliss-reactive ketones (excluding diaryl/α,β-unsaturated/α-hetero) is 2. The van der Waals surface area contributed by atoms with Crippen molar-refractivity contribution in [2.24, 2.45) is 0 Å². The Hall–Kier alpha value is -0.660. The molecule has 0 heterocycles. The van der Waals surface area contributed by atoms with E-state index in [2.05, 4.69) is 6.92 Å². The molecule has 0 saturated heterocycles. The SMILES string of the molecule is CCCCCCCCCC(=O)C(C)=O. The first kappa shape index (κ1) is 13.3. The zero-order valence-electron chi connectivity index (χ0n) is 9.47. The molecular weight excluding hydrogens is 176 g/mol. The van der Waals surface area contributed by atoms with Gasteiger partial charge in [-0.3, -0.25) is 9.59 Å². The molecule has 0 spiro atoms. The number of rotatable bonds is 9. The van der Waals surface area contributed by atoms with Gasteiger partial charge in [0, 0.05) is 13.3 Å². The molecule has 0 bridgehead atoms. The third-order valence-electron chi connectivity index (χ3n) is 2.40. The highest BCUT2D eigenvalue weighted by atomic mass is 16.2. The van der Waals surface area contributed by atoms with Crippen LogP contribution in [-0.2, 0) is 9.59 Å². The van der Waals surface area contributed by atoms with Crippen molar-refractivity contribution in [1.82, 2.24) is 0 Å². The average molecular weight is 198 g/mol. The normalized spacial score (nSPS) is 10.1. The van der Waals surface area contributed by atoms with Gasteiger partial charge >= 0.3 is 0 Å². The van der Waals surface area contributed by atoms with E-state index >= 15 is 0 Å².